The van der Waals surface area contributed by atoms with Gasteiger partial charge in [0.15, 0.2) is 0 Å². The van der Waals surface area contributed by atoms with Crippen molar-refractivity contribution in [1.82, 2.24) is 0 Å². The Bertz CT molecular complexity index is 1920. The van der Waals surface area contributed by atoms with Crippen LogP contribution in [0.4, 0.5) is 0 Å². The Kier molecular flexibility index (Phi) is 9.37. The second-order valence-electron chi connectivity index (χ2n) is 21.7. The molecule has 0 saturated heterocycles. The van der Waals surface area contributed by atoms with Gasteiger partial charge < -0.3 is 15.3 Å². The van der Waals surface area contributed by atoms with Crippen LogP contribution < -0.4 is 0 Å². The molecule has 0 heterocycles. The van der Waals surface area contributed by atoms with Crippen molar-refractivity contribution in [1.29, 1.82) is 0 Å². The lowest BCUT2D eigenvalue weighted by Crippen LogP contribution is -2.27. The zero-order valence-corrected chi connectivity index (χ0v) is 35.4. The van der Waals surface area contributed by atoms with Crippen molar-refractivity contribution >= 4 is 0 Å². The normalized spacial score (nSPS) is 34.9. The van der Waals surface area contributed by atoms with Crippen LogP contribution in [0.1, 0.15) is 168 Å². The number of aromatic hydroxyl groups is 3. The minimum absolute atomic E-state index is 0.00479. The van der Waals surface area contributed by atoms with Gasteiger partial charge in [-0.25, -0.2) is 0 Å². The molecule has 0 aromatic heterocycles. The Hall–Kier alpha value is -2.94. The fraction of sp³-hybridized carbons (Fsp3) is 0.647. The topological polar surface area (TPSA) is 60.7 Å². The molecular formula is C51H70O3. The van der Waals surface area contributed by atoms with Gasteiger partial charge in [-0.05, 0) is 194 Å². The monoisotopic (exact) mass is 731 g/mol. The molecule has 9 rings (SSSR count). The van der Waals surface area contributed by atoms with Crippen molar-refractivity contribution in [3.63, 3.8) is 0 Å². The highest BCUT2D eigenvalue weighted by atomic mass is 16.3. The summed E-state index contributed by atoms with van der Waals surface area (Å²) in [5, 5.41) is 33.3. The van der Waals surface area contributed by atoms with Crippen molar-refractivity contribution < 1.29 is 15.3 Å². The highest BCUT2D eigenvalue weighted by Gasteiger charge is 2.59. The molecule has 12 unspecified atom stereocenters. The van der Waals surface area contributed by atoms with Crippen LogP contribution >= 0.6 is 0 Å². The van der Waals surface area contributed by atoms with Gasteiger partial charge in [0, 0.05) is 0 Å². The van der Waals surface area contributed by atoms with Gasteiger partial charge in [0.25, 0.3) is 0 Å². The molecule has 3 aromatic carbocycles. The first kappa shape index (κ1) is 38.0. The van der Waals surface area contributed by atoms with Crippen molar-refractivity contribution in [2.75, 3.05) is 0 Å². The summed E-state index contributed by atoms with van der Waals surface area (Å²) in [7, 11) is 0. The fourth-order valence-corrected chi connectivity index (χ4v) is 14.2. The van der Waals surface area contributed by atoms with E-state index in [0.717, 1.165) is 58.1 Å². The summed E-state index contributed by atoms with van der Waals surface area (Å²) < 4.78 is 0. The zero-order chi connectivity index (χ0) is 38.8. The Labute approximate surface area is 327 Å². The van der Waals surface area contributed by atoms with E-state index in [9.17, 15) is 15.3 Å². The van der Waals surface area contributed by atoms with Crippen LogP contribution in [0.2, 0.25) is 0 Å². The molecule has 4 bridgehead atoms. The van der Waals surface area contributed by atoms with E-state index >= 15 is 0 Å². The zero-order valence-electron chi connectivity index (χ0n) is 35.4. The number of hydrogen-bond donors (Lipinski definition) is 3. The van der Waals surface area contributed by atoms with E-state index in [0.29, 0.717) is 46.8 Å². The largest absolute Gasteiger partial charge is 0.507 e. The molecule has 0 aliphatic heterocycles. The maximum absolute atomic E-state index is 11.3. The fourth-order valence-electron chi connectivity index (χ4n) is 14.2. The van der Waals surface area contributed by atoms with Gasteiger partial charge in [0.2, 0.25) is 0 Å². The number of aryl methyl sites for hydroxylation is 4. The van der Waals surface area contributed by atoms with E-state index < -0.39 is 0 Å². The second kappa shape index (κ2) is 13.3. The number of hydrogen-bond acceptors (Lipinski definition) is 3. The highest BCUT2D eigenvalue weighted by molar-refractivity contribution is 5.51. The lowest BCUT2D eigenvalue weighted by atomic mass is 9.68. The first-order valence-corrected chi connectivity index (χ1v) is 21.8. The van der Waals surface area contributed by atoms with Crippen LogP contribution in [0.5, 0.6) is 17.2 Å². The Morgan fingerprint density at radius 3 is 1.41 bits per heavy atom. The van der Waals surface area contributed by atoms with E-state index in [4.69, 9.17) is 0 Å². The van der Waals surface area contributed by atoms with Crippen molar-refractivity contribution in [2.24, 2.45) is 53.3 Å². The second-order valence-corrected chi connectivity index (χ2v) is 21.7. The molecule has 3 nitrogen and oxygen atoms in total. The maximum atomic E-state index is 11.3. The standard InChI is InChI=1S/C29H38O2.C22H32O/c1-15-9-17(3)27(30)23(10-15)20-8-7-19-18-13-21(22(14-18)26(19)20)24-11-16(2)12-25(28(24)31)29(4,5)6;1-12-8-18(21(23)19(9-12)22(3,4)5)16-7-6-15-14-10-13(2)17(11-14)20(15)16/h9-12,18-22,26,30-31H,7-8,13-14H2,1-6H3;8-9,13-17,20,23H,6-7,10-11H2,1-5H3. The van der Waals surface area contributed by atoms with Gasteiger partial charge in [0.1, 0.15) is 17.2 Å². The third-order valence-electron chi connectivity index (χ3n) is 16.2. The van der Waals surface area contributed by atoms with E-state index in [2.05, 4.69) is 106 Å². The van der Waals surface area contributed by atoms with Crippen LogP contribution in [-0.2, 0) is 10.8 Å². The molecule has 54 heavy (non-hydrogen) atoms. The predicted octanol–water partition coefficient (Wildman–Crippen LogP) is 13.0. The lowest BCUT2D eigenvalue weighted by molar-refractivity contribution is 0.186. The summed E-state index contributed by atoms with van der Waals surface area (Å²) in [5.74, 6) is 10.5. The molecule has 3 N–H and O–H groups in total. The van der Waals surface area contributed by atoms with Crippen molar-refractivity contribution in [3.05, 3.63) is 86.5 Å². The number of phenols is 3. The number of phenolic OH excluding ortho intramolecular Hbond substituents is 3. The number of rotatable bonds is 3. The average Bonchev–Trinajstić information content (AvgIpc) is 3.92. The molecule has 6 aliphatic carbocycles. The average molecular weight is 731 g/mol. The molecule has 6 saturated carbocycles. The molecular weight excluding hydrogens is 661 g/mol. The molecule has 292 valence electrons. The van der Waals surface area contributed by atoms with Crippen LogP contribution in [-0.4, -0.2) is 15.3 Å². The summed E-state index contributed by atoms with van der Waals surface area (Å²) >= 11 is 0. The van der Waals surface area contributed by atoms with Crippen molar-refractivity contribution in [3.8, 4) is 17.2 Å². The maximum Gasteiger partial charge on any atom is 0.122 e. The Morgan fingerprint density at radius 1 is 0.463 bits per heavy atom. The summed E-state index contributed by atoms with van der Waals surface area (Å²) in [6, 6.07) is 13.2. The van der Waals surface area contributed by atoms with Gasteiger partial charge in [0.05, 0.1) is 0 Å². The van der Waals surface area contributed by atoms with Crippen molar-refractivity contribution in [2.45, 2.75) is 156 Å². The van der Waals surface area contributed by atoms with Gasteiger partial charge >= 0.3 is 0 Å². The molecule has 3 heteroatoms. The summed E-state index contributed by atoms with van der Waals surface area (Å²) in [5.41, 5.74) is 10.6. The van der Waals surface area contributed by atoms with Crippen LogP contribution in [0.25, 0.3) is 0 Å². The predicted molar refractivity (Wildman–Crippen MR) is 223 cm³/mol. The van der Waals surface area contributed by atoms with E-state index in [-0.39, 0.29) is 10.8 Å². The van der Waals surface area contributed by atoms with Gasteiger partial charge in [-0.2, -0.15) is 0 Å². The Morgan fingerprint density at radius 2 is 0.889 bits per heavy atom. The first-order chi connectivity index (χ1) is 25.3. The van der Waals surface area contributed by atoms with Crippen LogP contribution in [0.15, 0.2) is 36.4 Å². The first-order valence-electron chi connectivity index (χ1n) is 21.8. The van der Waals surface area contributed by atoms with Gasteiger partial charge in [-0.15, -0.1) is 0 Å². The molecule has 0 amide bonds. The van der Waals surface area contributed by atoms with E-state index in [1.165, 1.54) is 84.7 Å². The molecule has 12 atom stereocenters. The van der Waals surface area contributed by atoms with Gasteiger partial charge in [-0.3, -0.25) is 0 Å². The smallest absolute Gasteiger partial charge is 0.122 e. The lowest BCUT2D eigenvalue weighted by Gasteiger charge is -2.36. The summed E-state index contributed by atoms with van der Waals surface area (Å²) in [6.07, 6.45) is 10.6. The third-order valence-corrected chi connectivity index (χ3v) is 16.2. The quantitative estimate of drug-likeness (QED) is 0.251. The summed E-state index contributed by atoms with van der Waals surface area (Å²) in [6.45, 7) is 24.2. The number of fused-ring (bicyclic) bond motifs is 10. The molecule has 0 radical (unpaired) electrons. The summed E-state index contributed by atoms with van der Waals surface area (Å²) in [4.78, 5) is 0. The molecule has 3 aromatic rings. The minimum atomic E-state index is -0.0637. The molecule has 0 spiro atoms. The highest BCUT2D eigenvalue weighted by Crippen LogP contribution is 2.69. The van der Waals surface area contributed by atoms with Gasteiger partial charge in [-0.1, -0.05) is 102 Å². The van der Waals surface area contributed by atoms with E-state index in [1.54, 1.807) is 0 Å². The SMILES string of the molecule is Cc1cc(C)c(O)c(C2CCC3C4CC(c5cc(C)cc(C(C)(C)C)c5O)C(C4)C23)c1.Cc1cc(C2CCC3C4CC(C)C(C4)C23)c(O)c(C(C)(C)C)c1. The van der Waals surface area contributed by atoms with Crippen LogP contribution in [0, 0.1) is 81.0 Å². The molecule has 6 aliphatic rings. The number of benzene rings is 3. The minimum Gasteiger partial charge on any atom is -0.507 e. The van der Waals surface area contributed by atoms with Crippen LogP contribution in [0.3, 0.4) is 0 Å². The molecule has 6 fully saturated rings. The van der Waals surface area contributed by atoms with E-state index in [1.807, 2.05) is 6.92 Å². The third kappa shape index (κ3) is 6.21. The Balaban J connectivity index is 0.000000160.